The standard InChI is InChI=1S/C15H17FN4O/c1-11-10-19(8-6-17-11)15(21)12-3-4-14(13(16)9-12)20-7-2-5-18-20/h2-5,7,9,11,17H,6,8,10H2,1H3/t11-/m0/s1. The number of hydrogen-bond donors (Lipinski definition) is 1. The number of amides is 1. The highest BCUT2D eigenvalue weighted by molar-refractivity contribution is 5.94. The Kier molecular flexibility index (Phi) is 3.70. The van der Waals surface area contributed by atoms with E-state index in [0.717, 1.165) is 6.54 Å². The Morgan fingerprint density at radius 3 is 3.00 bits per heavy atom. The second kappa shape index (κ2) is 5.65. The summed E-state index contributed by atoms with van der Waals surface area (Å²) in [4.78, 5) is 14.2. The van der Waals surface area contributed by atoms with Gasteiger partial charge in [-0.25, -0.2) is 9.07 Å². The first kappa shape index (κ1) is 13.8. The van der Waals surface area contributed by atoms with Gasteiger partial charge < -0.3 is 10.2 Å². The van der Waals surface area contributed by atoms with Gasteiger partial charge in [-0.1, -0.05) is 0 Å². The number of carbonyl (C=O) groups excluding carboxylic acids is 1. The van der Waals surface area contributed by atoms with E-state index in [1.807, 2.05) is 6.92 Å². The van der Waals surface area contributed by atoms with E-state index in [0.29, 0.717) is 24.3 Å². The second-order valence-electron chi connectivity index (χ2n) is 5.22. The van der Waals surface area contributed by atoms with Gasteiger partial charge in [-0.2, -0.15) is 5.10 Å². The number of benzene rings is 1. The van der Waals surface area contributed by atoms with E-state index in [1.165, 1.54) is 10.7 Å². The number of hydrogen-bond acceptors (Lipinski definition) is 3. The van der Waals surface area contributed by atoms with Crippen LogP contribution in [0.25, 0.3) is 5.69 Å². The predicted molar refractivity (Wildman–Crippen MR) is 76.9 cm³/mol. The van der Waals surface area contributed by atoms with Crippen molar-refractivity contribution in [1.29, 1.82) is 0 Å². The fourth-order valence-corrected chi connectivity index (χ4v) is 2.54. The van der Waals surface area contributed by atoms with Crippen molar-refractivity contribution in [1.82, 2.24) is 20.0 Å². The molecular weight excluding hydrogens is 271 g/mol. The molecule has 1 fully saturated rings. The molecule has 1 amide bonds. The minimum absolute atomic E-state index is 0.130. The molecule has 5 nitrogen and oxygen atoms in total. The first-order chi connectivity index (χ1) is 10.1. The number of aromatic nitrogens is 2. The number of rotatable bonds is 2. The third-order valence-electron chi connectivity index (χ3n) is 3.60. The van der Waals surface area contributed by atoms with Crippen LogP contribution < -0.4 is 5.32 Å². The molecule has 1 saturated heterocycles. The molecule has 1 aromatic carbocycles. The molecule has 21 heavy (non-hydrogen) atoms. The van der Waals surface area contributed by atoms with Crippen molar-refractivity contribution in [3.63, 3.8) is 0 Å². The number of carbonyl (C=O) groups is 1. The monoisotopic (exact) mass is 288 g/mol. The summed E-state index contributed by atoms with van der Waals surface area (Å²) in [7, 11) is 0. The zero-order chi connectivity index (χ0) is 14.8. The van der Waals surface area contributed by atoms with Gasteiger partial charge in [-0.05, 0) is 31.2 Å². The molecule has 2 heterocycles. The summed E-state index contributed by atoms with van der Waals surface area (Å²) in [6, 6.07) is 6.50. The van der Waals surface area contributed by atoms with Gasteiger partial charge in [-0.15, -0.1) is 0 Å². The molecule has 0 aliphatic carbocycles. The molecule has 0 radical (unpaired) electrons. The first-order valence-corrected chi connectivity index (χ1v) is 6.97. The lowest BCUT2D eigenvalue weighted by molar-refractivity contribution is 0.0708. The first-order valence-electron chi connectivity index (χ1n) is 6.97. The number of piperazine rings is 1. The Labute approximate surface area is 122 Å². The SMILES string of the molecule is C[C@H]1CN(C(=O)c2ccc(-n3cccn3)c(F)c2)CCN1. The molecule has 0 spiro atoms. The Morgan fingerprint density at radius 2 is 2.33 bits per heavy atom. The van der Waals surface area contributed by atoms with Crippen molar-refractivity contribution in [3.05, 3.63) is 48.0 Å². The lowest BCUT2D eigenvalue weighted by atomic mass is 10.1. The van der Waals surface area contributed by atoms with E-state index < -0.39 is 5.82 Å². The molecule has 1 aromatic heterocycles. The van der Waals surface area contributed by atoms with Gasteiger partial charge in [0.05, 0.1) is 0 Å². The Bertz CT molecular complexity index is 641. The van der Waals surface area contributed by atoms with E-state index >= 15 is 0 Å². The van der Waals surface area contributed by atoms with Gasteiger partial charge >= 0.3 is 0 Å². The van der Waals surface area contributed by atoms with Crippen LogP contribution in [0.2, 0.25) is 0 Å². The fourth-order valence-electron chi connectivity index (χ4n) is 2.54. The van der Waals surface area contributed by atoms with E-state index in [9.17, 15) is 9.18 Å². The summed E-state index contributed by atoms with van der Waals surface area (Å²) in [5.74, 6) is -0.581. The van der Waals surface area contributed by atoms with E-state index in [2.05, 4.69) is 10.4 Å². The van der Waals surface area contributed by atoms with Crippen LogP contribution in [0, 0.1) is 5.82 Å². The van der Waals surface area contributed by atoms with Gasteiger partial charge in [0.1, 0.15) is 11.5 Å². The van der Waals surface area contributed by atoms with Crippen LogP contribution in [0.3, 0.4) is 0 Å². The Morgan fingerprint density at radius 1 is 1.48 bits per heavy atom. The summed E-state index contributed by atoms with van der Waals surface area (Å²) >= 11 is 0. The molecule has 6 heteroatoms. The molecule has 0 saturated carbocycles. The van der Waals surface area contributed by atoms with Gasteiger partial charge in [0.25, 0.3) is 5.91 Å². The highest BCUT2D eigenvalue weighted by Crippen LogP contribution is 2.16. The van der Waals surface area contributed by atoms with Crippen LogP contribution in [0.5, 0.6) is 0 Å². The molecule has 0 unspecified atom stereocenters. The van der Waals surface area contributed by atoms with E-state index in [4.69, 9.17) is 0 Å². The van der Waals surface area contributed by atoms with Gasteiger partial charge in [0.15, 0.2) is 0 Å². The van der Waals surface area contributed by atoms with Crippen LogP contribution in [0.1, 0.15) is 17.3 Å². The van der Waals surface area contributed by atoms with Crippen molar-refractivity contribution in [2.24, 2.45) is 0 Å². The zero-order valence-corrected chi connectivity index (χ0v) is 11.8. The molecular formula is C15H17FN4O. The molecule has 3 rings (SSSR count). The fraction of sp³-hybridized carbons (Fsp3) is 0.333. The molecule has 1 aliphatic heterocycles. The molecule has 1 aliphatic rings. The van der Waals surface area contributed by atoms with Crippen LogP contribution >= 0.6 is 0 Å². The maximum absolute atomic E-state index is 14.2. The maximum Gasteiger partial charge on any atom is 0.254 e. The van der Waals surface area contributed by atoms with Crippen molar-refractivity contribution in [2.75, 3.05) is 19.6 Å². The summed E-state index contributed by atoms with van der Waals surface area (Å²) in [5, 5.41) is 7.27. The van der Waals surface area contributed by atoms with Crippen LogP contribution in [-0.4, -0.2) is 46.3 Å². The molecule has 1 atom stereocenters. The average molecular weight is 288 g/mol. The molecule has 0 bridgehead atoms. The molecule has 2 aromatic rings. The Balaban J connectivity index is 1.83. The summed E-state index contributed by atoms with van der Waals surface area (Å²) in [5.41, 5.74) is 0.711. The minimum Gasteiger partial charge on any atom is -0.336 e. The molecule has 1 N–H and O–H groups in total. The summed E-state index contributed by atoms with van der Waals surface area (Å²) in [6.45, 7) is 4.08. The van der Waals surface area contributed by atoms with Crippen LogP contribution in [-0.2, 0) is 0 Å². The lowest BCUT2D eigenvalue weighted by Gasteiger charge is -2.32. The van der Waals surface area contributed by atoms with Crippen LogP contribution in [0.15, 0.2) is 36.7 Å². The molecule has 110 valence electrons. The average Bonchev–Trinajstić information content (AvgIpc) is 3.00. The highest BCUT2D eigenvalue weighted by atomic mass is 19.1. The lowest BCUT2D eigenvalue weighted by Crippen LogP contribution is -2.51. The number of nitrogens with one attached hydrogen (secondary N) is 1. The number of halogens is 1. The summed E-state index contributed by atoms with van der Waals surface area (Å²) in [6.07, 6.45) is 3.25. The normalized spacial score (nSPS) is 18.8. The third kappa shape index (κ3) is 2.80. The highest BCUT2D eigenvalue weighted by Gasteiger charge is 2.22. The van der Waals surface area contributed by atoms with Crippen molar-refractivity contribution < 1.29 is 9.18 Å². The quantitative estimate of drug-likeness (QED) is 0.910. The zero-order valence-electron chi connectivity index (χ0n) is 11.8. The second-order valence-corrected chi connectivity index (χ2v) is 5.22. The maximum atomic E-state index is 14.2. The van der Waals surface area contributed by atoms with Gasteiger partial charge in [0, 0.05) is 43.6 Å². The van der Waals surface area contributed by atoms with E-state index in [1.54, 1.807) is 35.5 Å². The van der Waals surface area contributed by atoms with Crippen molar-refractivity contribution >= 4 is 5.91 Å². The Hall–Kier alpha value is -2.21. The number of nitrogens with zero attached hydrogens (tertiary/aromatic N) is 3. The van der Waals surface area contributed by atoms with Crippen molar-refractivity contribution in [2.45, 2.75) is 13.0 Å². The van der Waals surface area contributed by atoms with Gasteiger partial charge in [-0.3, -0.25) is 4.79 Å². The largest absolute Gasteiger partial charge is 0.336 e. The smallest absolute Gasteiger partial charge is 0.254 e. The minimum atomic E-state index is -0.451. The van der Waals surface area contributed by atoms with Gasteiger partial charge in [0.2, 0.25) is 0 Å². The predicted octanol–water partition coefficient (Wildman–Crippen LogP) is 1.45. The van der Waals surface area contributed by atoms with Crippen molar-refractivity contribution in [3.8, 4) is 5.69 Å². The summed E-state index contributed by atoms with van der Waals surface area (Å²) < 4.78 is 15.6. The third-order valence-corrected chi connectivity index (χ3v) is 3.60. The topological polar surface area (TPSA) is 50.2 Å². The van der Waals surface area contributed by atoms with E-state index in [-0.39, 0.29) is 11.9 Å². The van der Waals surface area contributed by atoms with Crippen LogP contribution in [0.4, 0.5) is 4.39 Å².